The molecule has 2 aromatic carbocycles. The summed E-state index contributed by atoms with van der Waals surface area (Å²) in [5.41, 5.74) is 1.50. The number of nitrogens with zero attached hydrogens (tertiary/aromatic N) is 1. The Kier molecular flexibility index (Phi) is 7.02. The van der Waals surface area contributed by atoms with Gasteiger partial charge in [0, 0.05) is 10.9 Å². The molecule has 6 nitrogen and oxygen atoms in total. The summed E-state index contributed by atoms with van der Waals surface area (Å²) in [7, 11) is 3.15. The van der Waals surface area contributed by atoms with Crippen molar-refractivity contribution >= 4 is 17.3 Å². The van der Waals surface area contributed by atoms with Gasteiger partial charge in [-0.3, -0.25) is 4.79 Å². The van der Waals surface area contributed by atoms with Crippen molar-refractivity contribution in [1.82, 2.24) is 4.98 Å². The topological polar surface area (TPSA) is 66.9 Å². The first-order valence-corrected chi connectivity index (χ1v) is 9.68. The van der Waals surface area contributed by atoms with E-state index in [2.05, 4.69) is 4.98 Å². The molecule has 0 bridgehead atoms. The molecule has 0 unspecified atom stereocenters. The Morgan fingerprint density at radius 3 is 2.52 bits per heavy atom. The van der Waals surface area contributed by atoms with Gasteiger partial charge in [0.1, 0.15) is 29.8 Å². The minimum atomic E-state index is -0.392. The fourth-order valence-corrected chi connectivity index (χ4v) is 3.35. The standard InChI is InChI=1S/C21H20FNO5S/c1-25-18-8-3-14(11-19(18)26-2)21-23-16(13-29-21)12-20(24)28-10-9-27-17-6-4-15(22)5-7-17/h3-8,11,13H,9-10,12H2,1-2H3. The fraction of sp³-hybridized carbons (Fsp3) is 0.238. The second-order valence-electron chi connectivity index (χ2n) is 5.91. The molecule has 8 heteroatoms. The summed E-state index contributed by atoms with van der Waals surface area (Å²) in [4.78, 5) is 16.5. The molecular formula is C21H20FNO5S. The highest BCUT2D eigenvalue weighted by molar-refractivity contribution is 7.13. The van der Waals surface area contributed by atoms with Gasteiger partial charge in [-0.25, -0.2) is 9.37 Å². The van der Waals surface area contributed by atoms with Crippen LogP contribution in [-0.2, 0) is 16.0 Å². The van der Waals surface area contributed by atoms with Crippen molar-refractivity contribution in [2.75, 3.05) is 27.4 Å². The van der Waals surface area contributed by atoms with Crippen molar-refractivity contribution in [2.24, 2.45) is 0 Å². The van der Waals surface area contributed by atoms with Gasteiger partial charge in [-0.1, -0.05) is 0 Å². The third-order valence-corrected chi connectivity index (χ3v) is 4.88. The van der Waals surface area contributed by atoms with Gasteiger partial charge in [-0.2, -0.15) is 0 Å². The number of rotatable bonds is 9. The van der Waals surface area contributed by atoms with Gasteiger partial charge in [0.15, 0.2) is 11.5 Å². The van der Waals surface area contributed by atoms with Crippen LogP contribution >= 0.6 is 11.3 Å². The summed E-state index contributed by atoms with van der Waals surface area (Å²) in [6.45, 7) is 0.286. The molecule has 29 heavy (non-hydrogen) atoms. The summed E-state index contributed by atoms with van der Waals surface area (Å²) in [5, 5.41) is 2.59. The number of aromatic nitrogens is 1. The zero-order valence-corrected chi connectivity index (χ0v) is 16.8. The molecule has 0 N–H and O–H groups in total. The number of ether oxygens (including phenoxy) is 4. The number of hydrogen-bond acceptors (Lipinski definition) is 7. The van der Waals surface area contributed by atoms with Gasteiger partial charge in [-0.05, 0) is 42.5 Å². The third-order valence-electron chi connectivity index (χ3n) is 3.94. The molecule has 152 valence electrons. The summed E-state index contributed by atoms with van der Waals surface area (Å²) < 4.78 is 33.9. The van der Waals surface area contributed by atoms with Crippen molar-refractivity contribution in [3.8, 4) is 27.8 Å². The average molecular weight is 417 g/mol. The summed E-state index contributed by atoms with van der Waals surface area (Å²) in [6.07, 6.45) is 0.0698. The Labute approximate surface area is 171 Å². The molecule has 0 atom stereocenters. The number of benzene rings is 2. The van der Waals surface area contributed by atoms with E-state index >= 15 is 0 Å². The molecule has 0 amide bonds. The monoisotopic (exact) mass is 417 g/mol. The van der Waals surface area contributed by atoms with Gasteiger partial charge in [0.2, 0.25) is 0 Å². The molecule has 0 spiro atoms. The van der Waals surface area contributed by atoms with Crippen LogP contribution in [0.5, 0.6) is 17.2 Å². The number of thiazole rings is 1. The number of halogens is 1. The summed E-state index contributed by atoms with van der Waals surface area (Å²) in [5.74, 6) is 1.04. The van der Waals surface area contributed by atoms with Crippen LogP contribution in [0.2, 0.25) is 0 Å². The maximum absolute atomic E-state index is 12.8. The molecule has 1 aromatic heterocycles. The van der Waals surface area contributed by atoms with Crippen LogP contribution < -0.4 is 14.2 Å². The van der Waals surface area contributed by atoms with Gasteiger partial charge >= 0.3 is 5.97 Å². The first-order chi connectivity index (χ1) is 14.1. The third kappa shape index (κ3) is 5.68. The Hall–Kier alpha value is -3.13. The molecule has 3 rings (SSSR count). The van der Waals surface area contributed by atoms with Crippen molar-refractivity contribution in [3.05, 3.63) is 59.4 Å². The Balaban J connectivity index is 1.49. The lowest BCUT2D eigenvalue weighted by molar-refractivity contribution is -0.143. The van der Waals surface area contributed by atoms with Crippen molar-refractivity contribution in [3.63, 3.8) is 0 Å². The number of hydrogen-bond donors (Lipinski definition) is 0. The largest absolute Gasteiger partial charge is 0.493 e. The normalized spacial score (nSPS) is 10.4. The van der Waals surface area contributed by atoms with Crippen LogP contribution in [0.3, 0.4) is 0 Å². The van der Waals surface area contributed by atoms with E-state index in [0.717, 1.165) is 10.6 Å². The Bertz CT molecular complexity index is 958. The lowest BCUT2D eigenvalue weighted by Crippen LogP contribution is -2.14. The zero-order chi connectivity index (χ0) is 20.6. The first kappa shape index (κ1) is 20.6. The minimum absolute atomic E-state index is 0.0698. The molecule has 0 aliphatic heterocycles. The van der Waals surface area contributed by atoms with E-state index in [9.17, 15) is 9.18 Å². The quantitative estimate of drug-likeness (QED) is 0.385. The highest BCUT2D eigenvalue weighted by atomic mass is 32.1. The SMILES string of the molecule is COc1ccc(-c2nc(CC(=O)OCCOc3ccc(F)cc3)cs2)cc1OC. The minimum Gasteiger partial charge on any atom is -0.493 e. The highest BCUT2D eigenvalue weighted by Crippen LogP contribution is 2.33. The number of carbonyl (C=O) groups is 1. The number of methoxy groups -OCH3 is 2. The molecule has 0 saturated heterocycles. The second kappa shape index (κ2) is 9.88. The number of carbonyl (C=O) groups excluding carboxylic acids is 1. The maximum atomic E-state index is 12.8. The maximum Gasteiger partial charge on any atom is 0.312 e. The van der Waals surface area contributed by atoms with Crippen molar-refractivity contribution in [1.29, 1.82) is 0 Å². The van der Waals surface area contributed by atoms with Crippen LogP contribution in [0.4, 0.5) is 4.39 Å². The molecule has 0 aliphatic carbocycles. The molecule has 0 radical (unpaired) electrons. The van der Waals surface area contributed by atoms with Crippen molar-refractivity contribution in [2.45, 2.75) is 6.42 Å². The Morgan fingerprint density at radius 1 is 1.03 bits per heavy atom. The molecular weight excluding hydrogens is 397 g/mol. The van der Waals surface area contributed by atoms with Crippen LogP contribution in [0.25, 0.3) is 10.6 Å². The summed E-state index contributed by atoms with van der Waals surface area (Å²) >= 11 is 1.43. The van der Waals surface area contributed by atoms with E-state index in [1.165, 1.54) is 35.6 Å². The van der Waals surface area contributed by atoms with Crippen molar-refractivity contribution < 1.29 is 28.1 Å². The molecule has 0 aliphatic rings. The van der Waals surface area contributed by atoms with E-state index in [0.29, 0.717) is 22.9 Å². The molecule has 0 fully saturated rings. The van der Waals surface area contributed by atoms with Crippen LogP contribution in [-0.4, -0.2) is 38.4 Å². The van der Waals surface area contributed by atoms with Crippen LogP contribution in [0.1, 0.15) is 5.69 Å². The van der Waals surface area contributed by atoms with Gasteiger partial charge in [0.05, 0.1) is 26.3 Å². The van der Waals surface area contributed by atoms with E-state index < -0.39 is 5.97 Å². The molecule has 1 heterocycles. The smallest absolute Gasteiger partial charge is 0.312 e. The lowest BCUT2D eigenvalue weighted by atomic mass is 10.2. The van der Waals surface area contributed by atoms with Gasteiger partial charge < -0.3 is 18.9 Å². The van der Waals surface area contributed by atoms with E-state index in [4.69, 9.17) is 18.9 Å². The molecule has 3 aromatic rings. The van der Waals surface area contributed by atoms with Crippen LogP contribution in [0, 0.1) is 5.82 Å². The fourth-order valence-electron chi connectivity index (χ4n) is 2.53. The zero-order valence-electron chi connectivity index (χ0n) is 16.0. The summed E-state index contributed by atoms with van der Waals surface area (Å²) in [6, 6.07) is 11.2. The van der Waals surface area contributed by atoms with Gasteiger partial charge in [-0.15, -0.1) is 11.3 Å². The van der Waals surface area contributed by atoms with Crippen LogP contribution in [0.15, 0.2) is 47.8 Å². The predicted molar refractivity (Wildman–Crippen MR) is 107 cm³/mol. The average Bonchev–Trinajstić information content (AvgIpc) is 3.20. The van der Waals surface area contributed by atoms with E-state index in [-0.39, 0.29) is 25.5 Å². The highest BCUT2D eigenvalue weighted by Gasteiger charge is 2.12. The van der Waals surface area contributed by atoms with E-state index in [1.807, 2.05) is 23.6 Å². The predicted octanol–water partition coefficient (Wildman–Crippen LogP) is 4.13. The first-order valence-electron chi connectivity index (χ1n) is 8.80. The van der Waals surface area contributed by atoms with E-state index in [1.54, 1.807) is 14.2 Å². The molecule has 0 saturated carbocycles. The lowest BCUT2D eigenvalue weighted by Gasteiger charge is -2.08. The Morgan fingerprint density at radius 2 is 1.79 bits per heavy atom. The van der Waals surface area contributed by atoms with Gasteiger partial charge in [0.25, 0.3) is 0 Å². The number of esters is 1. The second-order valence-corrected chi connectivity index (χ2v) is 6.77.